The third-order valence-corrected chi connectivity index (χ3v) is 3.19. The Kier molecular flexibility index (Phi) is 5.42. The predicted molar refractivity (Wildman–Crippen MR) is 76.8 cm³/mol. The van der Waals surface area contributed by atoms with Crippen LogP contribution in [0.15, 0.2) is 21.6 Å². The zero-order valence-electron chi connectivity index (χ0n) is 9.86. The van der Waals surface area contributed by atoms with Gasteiger partial charge in [0.2, 0.25) is 0 Å². The van der Waals surface area contributed by atoms with Gasteiger partial charge >= 0.3 is 5.69 Å². The first kappa shape index (κ1) is 15.9. The normalized spacial score (nSPS) is 10.8. The number of nitro benzene ring substituents is 2. The Bertz CT molecular complexity index is 642. The SMILES string of the molecule is CSC(=Nc1c(Br)cc([N+](=O)[O-])cc1[N+](=O)[O-])NC#N. The van der Waals surface area contributed by atoms with Crippen LogP contribution in [0.5, 0.6) is 0 Å². The fourth-order valence-electron chi connectivity index (χ4n) is 1.20. The fraction of sp³-hybridized carbons (Fsp3) is 0.111. The van der Waals surface area contributed by atoms with E-state index in [1.165, 1.54) is 0 Å². The minimum Gasteiger partial charge on any atom is -0.271 e. The van der Waals surface area contributed by atoms with Crippen LogP contribution < -0.4 is 5.32 Å². The molecule has 1 aromatic rings. The Morgan fingerprint density at radius 3 is 2.55 bits per heavy atom. The summed E-state index contributed by atoms with van der Waals surface area (Å²) in [5.41, 5.74) is -1.06. The molecule has 11 heteroatoms. The van der Waals surface area contributed by atoms with E-state index in [4.69, 9.17) is 5.26 Å². The lowest BCUT2D eigenvalue weighted by atomic mass is 10.2. The molecule has 20 heavy (non-hydrogen) atoms. The monoisotopic (exact) mass is 359 g/mol. The molecule has 0 atom stereocenters. The van der Waals surface area contributed by atoms with E-state index in [-0.39, 0.29) is 15.3 Å². The number of nitriles is 1. The van der Waals surface area contributed by atoms with Gasteiger partial charge in [0, 0.05) is 6.07 Å². The fourth-order valence-corrected chi connectivity index (χ4v) is 2.06. The molecule has 0 saturated carbocycles. The number of nitrogens with one attached hydrogen (secondary N) is 1. The van der Waals surface area contributed by atoms with E-state index in [0.717, 1.165) is 23.9 Å². The minimum atomic E-state index is -0.777. The molecule has 0 bridgehead atoms. The number of benzene rings is 1. The molecular weight excluding hydrogens is 354 g/mol. The van der Waals surface area contributed by atoms with Gasteiger partial charge in [0.05, 0.1) is 20.4 Å². The standard InChI is InChI=1S/C9H6BrN5O4S/c1-20-9(12-4-11)13-8-6(10)2-5(14(16)17)3-7(8)15(18)19/h2-3H,1H3,(H,12,13). The van der Waals surface area contributed by atoms with Crippen molar-refractivity contribution >= 4 is 49.9 Å². The van der Waals surface area contributed by atoms with E-state index < -0.39 is 21.2 Å². The first-order chi connectivity index (χ1) is 9.40. The molecule has 0 saturated heterocycles. The smallest absolute Gasteiger partial charge is 0.271 e. The summed E-state index contributed by atoms with van der Waals surface area (Å²) in [6.07, 6.45) is 3.26. The van der Waals surface area contributed by atoms with E-state index in [2.05, 4.69) is 26.2 Å². The second-order valence-corrected chi connectivity index (χ2v) is 4.82. The third-order valence-electron chi connectivity index (χ3n) is 2.01. The van der Waals surface area contributed by atoms with Crippen molar-refractivity contribution in [2.24, 2.45) is 4.99 Å². The predicted octanol–water partition coefficient (Wildman–Crippen LogP) is 2.69. The lowest BCUT2D eigenvalue weighted by molar-refractivity contribution is -0.393. The molecule has 0 fully saturated rings. The van der Waals surface area contributed by atoms with Gasteiger partial charge in [-0.3, -0.25) is 25.5 Å². The lowest BCUT2D eigenvalue weighted by Gasteiger charge is -2.03. The van der Waals surface area contributed by atoms with Crippen molar-refractivity contribution in [1.29, 1.82) is 5.26 Å². The van der Waals surface area contributed by atoms with Gasteiger partial charge in [-0.25, -0.2) is 4.99 Å². The number of hydrogen-bond acceptors (Lipinski definition) is 7. The van der Waals surface area contributed by atoms with Crippen LogP contribution in [0.25, 0.3) is 0 Å². The van der Waals surface area contributed by atoms with E-state index in [0.29, 0.717) is 0 Å². The Morgan fingerprint density at radius 2 is 2.10 bits per heavy atom. The average molecular weight is 360 g/mol. The molecule has 0 aliphatic rings. The highest BCUT2D eigenvalue weighted by atomic mass is 79.9. The molecule has 9 nitrogen and oxygen atoms in total. The van der Waals surface area contributed by atoms with Crippen LogP contribution in [0.4, 0.5) is 17.1 Å². The maximum Gasteiger partial charge on any atom is 0.302 e. The van der Waals surface area contributed by atoms with Crippen LogP contribution in [0.1, 0.15) is 0 Å². The summed E-state index contributed by atoms with van der Waals surface area (Å²) in [6.45, 7) is 0. The number of nitro groups is 2. The molecule has 0 unspecified atom stereocenters. The summed E-state index contributed by atoms with van der Waals surface area (Å²) in [5.74, 6) is 0. The molecular formula is C9H6BrN5O4S. The molecule has 1 aromatic carbocycles. The van der Waals surface area contributed by atoms with Gasteiger partial charge in [0.1, 0.15) is 0 Å². The lowest BCUT2D eigenvalue weighted by Crippen LogP contribution is -2.12. The van der Waals surface area contributed by atoms with Crippen LogP contribution in [-0.2, 0) is 0 Å². The zero-order valence-corrected chi connectivity index (χ0v) is 12.3. The van der Waals surface area contributed by atoms with E-state index >= 15 is 0 Å². The van der Waals surface area contributed by atoms with Crippen LogP contribution in [-0.4, -0.2) is 21.3 Å². The highest BCUT2D eigenvalue weighted by Gasteiger charge is 2.23. The number of aliphatic imine (C=N–C) groups is 1. The maximum atomic E-state index is 11.0. The van der Waals surface area contributed by atoms with Crippen LogP contribution in [0.2, 0.25) is 0 Å². The molecule has 0 heterocycles. The number of non-ortho nitro benzene ring substituents is 1. The van der Waals surface area contributed by atoms with Crippen molar-refractivity contribution in [2.75, 3.05) is 6.26 Å². The van der Waals surface area contributed by atoms with Gasteiger partial charge in [-0.1, -0.05) is 11.8 Å². The number of halogens is 1. The number of thioether (sulfide) groups is 1. The quantitative estimate of drug-likeness (QED) is 0.219. The Hall–Kier alpha value is -2.19. The van der Waals surface area contributed by atoms with Crippen molar-refractivity contribution in [3.05, 3.63) is 36.8 Å². The van der Waals surface area contributed by atoms with Crippen molar-refractivity contribution in [1.82, 2.24) is 5.32 Å². The van der Waals surface area contributed by atoms with Crippen molar-refractivity contribution < 1.29 is 9.85 Å². The number of amidine groups is 1. The summed E-state index contributed by atoms with van der Waals surface area (Å²) < 4.78 is 0.0877. The van der Waals surface area contributed by atoms with Crippen LogP contribution in [0.3, 0.4) is 0 Å². The van der Waals surface area contributed by atoms with E-state index in [9.17, 15) is 20.2 Å². The molecule has 104 valence electrons. The summed E-state index contributed by atoms with van der Waals surface area (Å²) in [5, 5.41) is 32.6. The van der Waals surface area contributed by atoms with Crippen molar-refractivity contribution in [3.8, 4) is 6.19 Å². The van der Waals surface area contributed by atoms with Gasteiger partial charge < -0.3 is 0 Å². The maximum absolute atomic E-state index is 11.0. The largest absolute Gasteiger partial charge is 0.302 e. The van der Waals surface area contributed by atoms with Crippen LogP contribution >= 0.6 is 27.7 Å². The highest BCUT2D eigenvalue weighted by Crippen LogP contribution is 2.39. The molecule has 1 rings (SSSR count). The number of rotatable bonds is 3. The van der Waals surface area contributed by atoms with Crippen LogP contribution in [0, 0.1) is 31.7 Å². The van der Waals surface area contributed by atoms with Gasteiger partial charge in [-0.15, -0.1) is 0 Å². The van der Waals surface area contributed by atoms with Crippen molar-refractivity contribution in [2.45, 2.75) is 0 Å². The van der Waals surface area contributed by atoms with E-state index in [1.54, 1.807) is 12.4 Å². The first-order valence-electron chi connectivity index (χ1n) is 4.80. The Balaban J connectivity index is 3.50. The molecule has 0 radical (unpaired) electrons. The Morgan fingerprint density at radius 1 is 1.45 bits per heavy atom. The third kappa shape index (κ3) is 3.65. The summed E-state index contributed by atoms with van der Waals surface area (Å²) >= 11 is 4.08. The molecule has 0 aliphatic carbocycles. The summed E-state index contributed by atoms with van der Waals surface area (Å²) in [4.78, 5) is 24.1. The second kappa shape index (κ2) is 6.83. The molecule has 0 amide bonds. The summed E-state index contributed by atoms with van der Waals surface area (Å²) in [7, 11) is 0. The second-order valence-electron chi connectivity index (χ2n) is 3.17. The first-order valence-corrected chi connectivity index (χ1v) is 6.82. The van der Waals surface area contributed by atoms with E-state index in [1.807, 2.05) is 0 Å². The van der Waals surface area contributed by atoms with Crippen molar-refractivity contribution in [3.63, 3.8) is 0 Å². The van der Waals surface area contributed by atoms with Gasteiger partial charge in [-0.05, 0) is 22.2 Å². The zero-order chi connectivity index (χ0) is 15.3. The number of hydrogen-bond donors (Lipinski definition) is 1. The summed E-state index contributed by atoms with van der Waals surface area (Å²) in [6, 6.07) is 1.92. The molecule has 1 N–H and O–H groups in total. The molecule has 0 aliphatic heterocycles. The van der Waals surface area contributed by atoms with Gasteiger partial charge in [0.15, 0.2) is 17.0 Å². The Labute approximate surface area is 125 Å². The van der Waals surface area contributed by atoms with Gasteiger partial charge in [0.25, 0.3) is 5.69 Å². The molecule has 0 spiro atoms. The van der Waals surface area contributed by atoms with Gasteiger partial charge in [-0.2, -0.15) is 5.26 Å². The number of nitrogens with zero attached hydrogens (tertiary/aromatic N) is 4. The highest BCUT2D eigenvalue weighted by molar-refractivity contribution is 9.10. The average Bonchev–Trinajstić information content (AvgIpc) is 2.39. The minimum absolute atomic E-state index is 0.0877. The topological polar surface area (TPSA) is 134 Å². The molecule has 0 aromatic heterocycles.